The summed E-state index contributed by atoms with van der Waals surface area (Å²) in [5.74, 6) is 2.79. The van der Waals surface area contributed by atoms with Gasteiger partial charge in [0.1, 0.15) is 23.0 Å². The number of nitrogens with two attached hydrogens (primary N) is 2. The Kier molecular flexibility index (Phi) is 4.03. The molecule has 0 bridgehead atoms. The topological polar surface area (TPSA) is 83.4 Å². The largest absolute Gasteiger partial charge is 0.457 e. The van der Waals surface area contributed by atoms with E-state index in [1.54, 1.807) is 30.5 Å². The molecule has 4 rings (SSSR count). The van der Waals surface area contributed by atoms with Gasteiger partial charge in [0.2, 0.25) is 0 Å². The molecule has 0 aliphatic carbocycles. The van der Waals surface area contributed by atoms with Gasteiger partial charge in [0.15, 0.2) is 0 Å². The van der Waals surface area contributed by atoms with Crippen LogP contribution in [0.25, 0.3) is 10.9 Å². The molecule has 0 radical (unpaired) electrons. The minimum Gasteiger partial charge on any atom is -0.457 e. The molecule has 128 valence electrons. The Hall–Kier alpha value is -3.73. The lowest BCUT2D eigenvalue weighted by Gasteiger charge is -2.09. The SMILES string of the molecule is Nc1ccc(Oc2ccc3ncc(Oc4ccc(N)cc4)cc3c2)cc1. The number of rotatable bonds is 4. The Balaban J connectivity index is 1.59. The van der Waals surface area contributed by atoms with Crippen molar-refractivity contribution >= 4 is 22.3 Å². The van der Waals surface area contributed by atoms with Gasteiger partial charge in [-0.2, -0.15) is 0 Å². The Bertz CT molecular complexity index is 963. The van der Waals surface area contributed by atoms with Gasteiger partial charge >= 0.3 is 0 Å². The minimum absolute atomic E-state index is 0.645. The monoisotopic (exact) mass is 343 g/mol. The van der Waals surface area contributed by atoms with Crippen molar-refractivity contribution in [2.24, 2.45) is 0 Å². The summed E-state index contributed by atoms with van der Waals surface area (Å²) in [6.07, 6.45) is 1.69. The van der Waals surface area contributed by atoms with Crippen LogP contribution in [0.15, 0.2) is 79.0 Å². The summed E-state index contributed by atoms with van der Waals surface area (Å²) in [6, 6.07) is 22.1. The summed E-state index contributed by atoms with van der Waals surface area (Å²) < 4.78 is 11.7. The van der Waals surface area contributed by atoms with Gasteiger partial charge in [-0.25, -0.2) is 0 Å². The molecule has 0 atom stereocenters. The van der Waals surface area contributed by atoms with Gasteiger partial charge in [-0.3, -0.25) is 4.98 Å². The number of hydrogen-bond acceptors (Lipinski definition) is 5. The first-order valence-electron chi connectivity index (χ1n) is 8.12. The highest BCUT2D eigenvalue weighted by atomic mass is 16.5. The van der Waals surface area contributed by atoms with Crippen molar-refractivity contribution in [3.63, 3.8) is 0 Å². The van der Waals surface area contributed by atoms with E-state index in [9.17, 15) is 0 Å². The Labute approximate surface area is 150 Å². The summed E-state index contributed by atoms with van der Waals surface area (Å²) in [7, 11) is 0. The first-order valence-corrected chi connectivity index (χ1v) is 8.12. The molecule has 0 fully saturated rings. The van der Waals surface area contributed by atoms with Crippen molar-refractivity contribution in [3.8, 4) is 23.0 Å². The fraction of sp³-hybridized carbons (Fsp3) is 0. The van der Waals surface area contributed by atoms with Gasteiger partial charge in [-0.1, -0.05) is 0 Å². The van der Waals surface area contributed by atoms with Gasteiger partial charge in [-0.15, -0.1) is 0 Å². The van der Waals surface area contributed by atoms with E-state index in [1.165, 1.54) is 0 Å². The number of aromatic nitrogens is 1. The van der Waals surface area contributed by atoms with Crippen LogP contribution in [0, 0.1) is 0 Å². The van der Waals surface area contributed by atoms with Gasteiger partial charge in [0, 0.05) is 16.8 Å². The highest BCUT2D eigenvalue weighted by Gasteiger charge is 2.04. The third kappa shape index (κ3) is 3.52. The number of anilines is 2. The molecule has 4 N–H and O–H groups in total. The predicted molar refractivity (Wildman–Crippen MR) is 104 cm³/mol. The molecule has 3 aromatic carbocycles. The van der Waals surface area contributed by atoms with Gasteiger partial charge in [0.25, 0.3) is 0 Å². The number of ether oxygens (including phenoxy) is 2. The smallest absolute Gasteiger partial charge is 0.146 e. The maximum absolute atomic E-state index is 5.87. The van der Waals surface area contributed by atoms with Crippen LogP contribution >= 0.6 is 0 Å². The molecule has 0 saturated carbocycles. The summed E-state index contributed by atoms with van der Waals surface area (Å²) in [5, 5.41) is 0.922. The van der Waals surface area contributed by atoms with Crippen LogP contribution in [0.5, 0.6) is 23.0 Å². The van der Waals surface area contributed by atoms with E-state index < -0.39 is 0 Å². The average Bonchev–Trinajstić information content (AvgIpc) is 2.65. The molecule has 0 spiro atoms. The standard InChI is InChI=1S/C21H17N3O2/c22-15-1-5-17(6-2-15)25-19-9-10-21-14(11-19)12-20(13-24-21)26-18-7-3-16(23)4-8-18/h1-13H,22-23H2. The van der Waals surface area contributed by atoms with Crippen LogP contribution in [0.3, 0.4) is 0 Å². The number of nitrogens with zero attached hydrogens (tertiary/aromatic N) is 1. The highest BCUT2D eigenvalue weighted by Crippen LogP contribution is 2.29. The second-order valence-electron chi connectivity index (χ2n) is 5.87. The molecule has 26 heavy (non-hydrogen) atoms. The van der Waals surface area contributed by atoms with Crippen molar-refractivity contribution in [1.82, 2.24) is 4.98 Å². The van der Waals surface area contributed by atoms with E-state index in [1.807, 2.05) is 48.5 Å². The van der Waals surface area contributed by atoms with Gasteiger partial charge < -0.3 is 20.9 Å². The molecule has 0 unspecified atom stereocenters. The van der Waals surface area contributed by atoms with E-state index in [-0.39, 0.29) is 0 Å². The molecule has 5 nitrogen and oxygen atoms in total. The first kappa shape index (κ1) is 15.8. The molecule has 1 aromatic heterocycles. The van der Waals surface area contributed by atoms with Crippen molar-refractivity contribution in [3.05, 3.63) is 79.0 Å². The van der Waals surface area contributed by atoms with Gasteiger partial charge in [0.05, 0.1) is 11.7 Å². The van der Waals surface area contributed by atoms with Crippen LogP contribution < -0.4 is 20.9 Å². The number of fused-ring (bicyclic) bond motifs is 1. The zero-order valence-electron chi connectivity index (χ0n) is 13.9. The third-order valence-corrected chi connectivity index (χ3v) is 3.86. The van der Waals surface area contributed by atoms with Crippen molar-refractivity contribution in [2.45, 2.75) is 0 Å². The average molecular weight is 343 g/mol. The lowest BCUT2D eigenvalue weighted by atomic mass is 10.2. The molecular formula is C21H17N3O2. The molecule has 0 saturated heterocycles. The molecule has 0 amide bonds. The lowest BCUT2D eigenvalue weighted by molar-refractivity contribution is 0.480. The summed E-state index contributed by atoms with van der Waals surface area (Å²) >= 11 is 0. The lowest BCUT2D eigenvalue weighted by Crippen LogP contribution is -1.89. The number of benzene rings is 3. The minimum atomic E-state index is 0.645. The summed E-state index contributed by atoms with van der Waals surface area (Å²) in [6.45, 7) is 0. The maximum atomic E-state index is 5.87. The second-order valence-corrected chi connectivity index (χ2v) is 5.87. The van der Waals surface area contributed by atoms with E-state index in [4.69, 9.17) is 20.9 Å². The molecule has 5 heteroatoms. The fourth-order valence-corrected chi connectivity index (χ4v) is 2.55. The first-order chi connectivity index (χ1) is 12.7. The molecule has 4 aromatic rings. The van der Waals surface area contributed by atoms with Crippen LogP contribution in [-0.4, -0.2) is 4.98 Å². The Morgan fingerprint density at radius 3 is 1.69 bits per heavy atom. The Morgan fingerprint density at radius 2 is 1.08 bits per heavy atom. The quantitative estimate of drug-likeness (QED) is 0.510. The summed E-state index contributed by atoms with van der Waals surface area (Å²) in [5.41, 5.74) is 13.6. The highest BCUT2D eigenvalue weighted by molar-refractivity contribution is 5.81. The number of hydrogen-bond donors (Lipinski definition) is 2. The van der Waals surface area contributed by atoms with Crippen LogP contribution in [0.1, 0.15) is 0 Å². The van der Waals surface area contributed by atoms with E-state index in [0.717, 1.165) is 16.7 Å². The third-order valence-electron chi connectivity index (χ3n) is 3.86. The Morgan fingerprint density at radius 1 is 0.577 bits per heavy atom. The van der Waals surface area contributed by atoms with E-state index >= 15 is 0 Å². The van der Waals surface area contributed by atoms with Crippen LogP contribution in [-0.2, 0) is 0 Å². The normalized spacial score (nSPS) is 10.6. The molecule has 0 aliphatic heterocycles. The van der Waals surface area contributed by atoms with Crippen molar-refractivity contribution in [2.75, 3.05) is 11.5 Å². The zero-order chi connectivity index (χ0) is 17.9. The second kappa shape index (κ2) is 6.64. The zero-order valence-corrected chi connectivity index (χ0v) is 13.9. The number of pyridine rings is 1. The molecular weight excluding hydrogens is 326 g/mol. The molecule has 0 aliphatic rings. The molecule has 1 heterocycles. The predicted octanol–water partition coefficient (Wildman–Crippen LogP) is 4.98. The summed E-state index contributed by atoms with van der Waals surface area (Å²) in [4.78, 5) is 4.43. The van der Waals surface area contributed by atoms with E-state index in [2.05, 4.69) is 4.98 Å². The van der Waals surface area contributed by atoms with Crippen molar-refractivity contribution < 1.29 is 9.47 Å². The van der Waals surface area contributed by atoms with Gasteiger partial charge in [-0.05, 0) is 72.8 Å². The van der Waals surface area contributed by atoms with E-state index in [0.29, 0.717) is 28.6 Å². The number of nitrogen functional groups attached to an aromatic ring is 2. The van der Waals surface area contributed by atoms with Crippen molar-refractivity contribution in [1.29, 1.82) is 0 Å². The maximum Gasteiger partial charge on any atom is 0.146 e. The van der Waals surface area contributed by atoms with Crippen LogP contribution in [0.2, 0.25) is 0 Å². The fourth-order valence-electron chi connectivity index (χ4n) is 2.55. The van der Waals surface area contributed by atoms with Crippen LogP contribution in [0.4, 0.5) is 11.4 Å².